The number of likely N-dealkylation sites (tertiary alicyclic amines) is 1. The van der Waals surface area contributed by atoms with Gasteiger partial charge in [0.15, 0.2) is 5.75 Å². The molecule has 2 heterocycles. The Bertz CT molecular complexity index is 1010. The minimum Gasteiger partial charge on any atom is -0.486 e. The van der Waals surface area contributed by atoms with Crippen LogP contribution in [0.15, 0.2) is 24.8 Å². The van der Waals surface area contributed by atoms with Crippen LogP contribution in [0.2, 0.25) is 10.0 Å². The first-order valence-corrected chi connectivity index (χ1v) is 12.4. The molecule has 0 aliphatic carbocycles. The molecule has 1 aromatic rings. The Kier molecular flexibility index (Phi) is 9.58. The number of ether oxygens (including phenoxy) is 3. The highest BCUT2D eigenvalue weighted by Gasteiger charge is 2.41. The van der Waals surface area contributed by atoms with Crippen LogP contribution in [0.5, 0.6) is 5.75 Å². The Balaban J connectivity index is 1.63. The largest absolute Gasteiger partial charge is 0.486 e. The molecular weight excluding hydrogens is 513 g/mol. The van der Waals surface area contributed by atoms with Gasteiger partial charge in [-0.1, -0.05) is 35.9 Å². The van der Waals surface area contributed by atoms with Crippen molar-refractivity contribution in [2.24, 2.45) is 0 Å². The molecule has 2 saturated heterocycles. The summed E-state index contributed by atoms with van der Waals surface area (Å²) in [4.78, 5) is 52.0. The van der Waals surface area contributed by atoms with Crippen LogP contribution in [0.4, 0.5) is 0 Å². The predicted octanol–water partition coefficient (Wildman–Crippen LogP) is 2.46. The number of hydrogen-bond acceptors (Lipinski definition) is 7. The molecule has 3 amide bonds. The highest BCUT2D eigenvalue weighted by molar-refractivity contribution is 6.37. The first-order chi connectivity index (χ1) is 17.2. The number of cyclic esters (lactones) is 1. The van der Waals surface area contributed by atoms with Gasteiger partial charge in [-0.25, -0.2) is 0 Å². The van der Waals surface area contributed by atoms with Gasteiger partial charge in [-0.15, -0.1) is 0 Å². The molecule has 36 heavy (non-hydrogen) atoms. The zero-order chi connectivity index (χ0) is 26.4. The van der Waals surface area contributed by atoms with E-state index >= 15 is 0 Å². The normalized spacial score (nSPS) is 22.1. The quantitative estimate of drug-likeness (QED) is 0.344. The number of carbonyl (C=O) groups is 4. The average molecular weight is 542 g/mol. The Morgan fingerprint density at radius 2 is 2.00 bits per heavy atom. The van der Waals surface area contributed by atoms with Gasteiger partial charge < -0.3 is 29.7 Å². The summed E-state index contributed by atoms with van der Waals surface area (Å²) in [5, 5.41) is 5.69. The van der Waals surface area contributed by atoms with Crippen LogP contribution < -0.4 is 15.4 Å². The van der Waals surface area contributed by atoms with E-state index in [-0.39, 0.29) is 34.4 Å². The van der Waals surface area contributed by atoms with E-state index in [9.17, 15) is 19.2 Å². The molecule has 12 heteroatoms. The van der Waals surface area contributed by atoms with Crippen molar-refractivity contribution >= 4 is 46.9 Å². The first kappa shape index (κ1) is 27.8. The van der Waals surface area contributed by atoms with Crippen LogP contribution in [0.3, 0.4) is 0 Å². The third-order valence-corrected chi connectivity index (χ3v) is 6.35. The van der Waals surface area contributed by atoms with Gasteiger partial charge in [0.1, 0.15) is 24.7 Å². The lowest BCUT2D eigenvalue weighted by Gasteiger charge is -2.28. The number of halogens is 2. The summed E-state index contributed by atoms with van der Waals surface area (Å²) in [7, 11) is 0. The summed E-state index contributed by atoms with van der Waals surface area (Å²) in [6.07, 6.45) is 1.74. The van der Waals surface area contributed by atoms with E-state index in [0.29, 0.717) is 26.0 Å². The number of hydrogen-bond donors (Lipinski definition) is 2. The third kappa shape index (κ3) is 6.48. The summed E-state index contributed by atoms with van der Waals surface area (Å²) in [5.41, 5.74) is 0.152. The van der Waals surface area contributed by atoms with Crippen molar-refractivity contribution in [2.75, 3.05) is 19.8 Å². The van der Waals surface area contributed by atoms with Gasteiger partial charge in [-0.3, -0.25) is 19.2 Å². The summed E-state index contributed by atoms with van der Waals surface area (Å²) < 4.78 is 15.9. The smallest absolute Gasteiger partial charge is 0.310 e. The Labute approximate surface area is 219 Å². The standard InChI is InChI=1S/C24H29Cl2N3O7/c1-4-9-35-20-15(25)10-14(11-16(20)26)21(31)27-13(3)23(33)29-8-6-7-18(29)22(32)28-17-12-19(30)36-24(17)34-5-2/h4,10-11,13,17-18,24H,1,5-9,12H2,2-3H3,(H,27,31)(H,28,32)/t13-,17-,18-,24?/m0/s1. The van der Waals surface area contributed by atoms with Gasteiger partial charge in [0, 0.05) is 18.7 Å². The molecule has 3 rings (SSSR count). The number of carbonyl (C=O) groups excluding carboxylic acids is 4. The highest BCUT2D eigenvalue weighted by atomic mass is 35.5. The molecule has 2 fully saturated rings. The van der Waals surface area contributed by atoms with E-state index in [1.807, 2.05) is 0 Å². The van der Waals surface area contributed by atoms with Crippen LogP contribution in [0, 0.1) is 0 Å². The lowest BCUT2D eigenvalue weighted by atomic mass is 10.1. The molecule has 2 N–H and O–H groups in total. The van der Waals surface area contributed by atoms with E-state index in [1.54, 1.807) is 6.92 Å². The van der Waals surface area contributed by atoms with Crippen molar-refractivity contribution in [1.29, 1.82) is 0 Å². The van der Waals surface area contributed by atoms with Crippen molar-refractivity contribution < 1.29 is 33.4 Å². The van der Waals surface area contributed by atoms with E-state index in [4.69, 9.17) is 37.4 Å². The molecule has 1 aromatic carbocycles. The monoisotopic (exact) mass is 541 g/mol. The van der Waals surface area contributed by atoms with Gasteiger partial charge in [0.25, 0.3) is 5.91 Å². The van der Waals surface area contributed by atoms with E-state index in [1.165, 1.54) is 30.0 Å². The summed E-state index contributed by atoms with van der Waals surface area (Å²) >= 11 is 12.4. The SMILES string of the molecule is C=CCOc1c(Cl)cc(C(=O)N[C@@H](C)C(=O)N2CCC[C@H]2C(=O)N[C@H]2CC(=O)OC2OCC)cc1Cl. The van der Waals surface area contributed by atoms with Gasteiger partial charge >= 0.3 is 5.97 Å². The van der Waals surface area contributed by atoms with Crippen LogP contribution in [-0.4, -0.2) is 72.8 Å². The van der Waals surface area contributed by atoms with Gasteiger partial charge in [-0.05, 0) is 38.8 Å². The molecule has 10 nitrogen and oxygen atoms in total. The molecular formula is C24H29Cl2N3O7. The molecule has 2 aliphatic rings. The number of amides is 3. The van der Waals surface area contributed by atoms with E-state index < -0.39 is 48.1 Å². The molecule has 0 bridgehead atoms. The third-order valence-electron chi connectivity index (χ3n) is 5.78. The first-order valence-electron chi connectivity index (χ1n) is 11.6. The zero-order valence-electron chi connectivity index (χ0n) is 20.1. The Hall–Kier alpha value is -2.82. The van der Waals surface area contributed by atoms with Crippen molar-refractivity contribution in [1.82, 2.24) is 15.5 Å². The van der Waals surface area contributed by atoms with Crippen molar-refractivity contribution in [3.63, 3.8) is 0 Å². The molecule has 0 aromatic heterocycles. The fourth-order valence-corrected chi connectivity index (χ4v) is 4.71. The minimum atomic E-state index is -0.923. The molecule has 1 unspecified atom stereocenters. The molecule has 2 aliphatic heterocycles. The van der Waals surface area contributed by atoms with Crippen LogP contribution in [-0.2, 0) is 23.9 Å². The molecule has 196 valence electrons. The average Bonchev–Trinajstić information content (AvgIpc) is 3.44. The number of rotatable bonds is 10. The van der Waals surface area contributed by atoms with Crippen LogP contribution in [0.1, 0.15) is 43.5 Å². The topological polar surface area (TPSA) is 123 Å². The number of nitrogens with zero attached hydrogens (tertiary/aromatic N) is 1. The van der Waals surface area contributed by atoms with Crippen molar-refractivity contribution in [2.45, 2.75) is 57.5 Å². The Morgan fingerprint density at radius 3 is 2.64 bits per heavy atom. The van der Waals surface area contributed by atoms with Crippen molar-refractivity contribution in [3.8, 4) is 5.75 Å². The second-order valence-electron chi connectivity index (χ2n) is 8.39. The predicted molar refractivity (Wildman–Crippen MR) is 132 cm³/mol. The molecule has 0 spiro atoms. The number of nitrogens with one attached hydrogen (secondary N) is 2. The fourth-order valence-electron chi connectivity index (χ4n) is 4.11. The van der Waals surface area contributed by atoms with Crippen LogP contribution >= 0.6 is 23.2 Å². The van der Waals surface area contributed by atoms with Crippen LogP contribution in [0.25, 0.3) is 0 Å². The lowest BCUT2D eigenvalue weighted by molar-refractivity contribution is -0.164. The summed E-state index contributed by atoms with van der Waals surface area (Å²) in [5.74, 6) is -1.61. The maximum atomic E-state index is 13.1. The second-order valence-corrected chi connectivity index (χ2v) is 9.20. The fraction of sp³-hybridized carbons (Fsp3) is 0.500. The second kappa shape index (κ2) is 12.4. The van der Waals surface area contributed by atoms with E-state index in [2.05, 4.69) is 17.2 Å². The van der Waals surface area contributed by atoms with Gasteiger partial charge in [0.2, 0.25) is 18.1 Å². The molecule has 4 atom stereocenters. The molecule has 0 saturated carbocycles. The maximum absolute atomic E-state index is 13.1. The zero-order valence-corrected chi connectivity index (χ0v) is 21.6. The number of benzene rings is 1. The minimum absolute atomic E-state index is 0.00787. The van der Waals surface area contributed by atoms with Crippen molar-refractivity contribution in [3.05, 3.63) is 40.4 Å². The molecule has 0 radical (unpaired) electrons. The Morgan fingerprint density at radius 1 is 1.31 bits per heavy atom. The summed E-state index contributed by atoms with van der Waals surface area (Å²) in [6, 6.07) is 0.495. The lowest BCUT2D eigenvalue weighted by Crippen LogP contribution is -2.54. The van der Waals surface area contributed by atoms with Gasteiger partial charge in [0.05, 0.1) is 16.5 Å². The summed E-state index contributed by atoms with van der Waals surface area (Å²) in [6.45, 7) is 7.71. The maximum Gasteiger partial charge on any atom is 0.310 e. The van der Waals surface area contributed by atoms with Gasteiger partial charge in [-0.2, -0.15) is 0 Å². The highest BCUT2D eigenvalue weighted by Crippen LogP contribution is 2.34. The number of esters is 1. The van der Waals surface area contributed by atoms with E-state index in [0.717, 1.165) is 0 Å².